The van der Waals surface area contributed by atoms with Crippen molar-refractivity contribution in [2.24, 2.45) is 40.4 Å². The first-order valence-corrected chi connectivity index (χ1v) is 13.5. The Hall–Kier alpha value is -1.28. The second-order valence-electron chi connectivity index (χ2n) is 12.8. The van der Waals surface area contributed by atoms with Gasteiger partial charge in [0, 0.05) is 30.9 Å². The van der Waals surface area contributed by atoms with Crippen LogP contribution >= 0.6 is 0 Å². The molecule has 11 atom stereocenters. The number of carbonyl (C=O) groups is 2. The van der Waals surface area contributed by atoms with Crippen molar-refractivity contribution < 1.29 is 34.8 Å². The predicted molar refractivity (Wildman–Crippen MR) is 128 cm³/mol. The Morgan fingerprint density at radius 2 is 1.83 bits per heavy atom. The normalized spacial score (nSPS) is 50.8. The summed E-state index contributed by atoms with van der Waals surface area (Å²) in [4.78, 5) is 25.7. The highest BCUT2D eigenvalue weighted by molar-refractivity contribution is 5.89. The minimum absolute atomic E-state index is 0.0348. The molecule has 4 fully saturated rings. The number of esters is 1. The quantitative estimate of drug-likeness (QED) is 0.448. The van der Waals surface area contributed by atoms with Crippen LogP contribution in [0.15, 0.2) is 11.1 Å². The van der Waals surface area contributed by atoms with Crippen LogP contribution in [0, 0.1) is 40.4 Å². The Bertz CT molecular complexity index is 944. The van der Waals surface area contributed by atoms with Crippen molar-refractivity contribution >= 4 is 11.8 Å². The van der Waals surface area contributed by atoms with Crippen LogP contribution in [0.2, 0.25) is 0 Å². The third-order valence-corrected chi connectivity index (χ3v) is 11.6. The van der Waals surface area contributed by atoms with Gasteiger partial charge in [0.25, 0.3) is 0 Å². The number of carbonyl (C=O) groups excluding carboxylic acids is 2. The predicted octanol–water partition coefficient (Wildman–Crippen LogP) is 2.53. The summed E-state index contributed by atoms with van der Waals surface area (Å²) < 4.78 is 5.78. The Kier molecular flexibility index (Phi) is 6.07. The zero-order valence-electron chi connectivity index (χ0n) is 21.5. The number of hydrogen-bond acceptors (Lipinski definition) is 7. The number of ketones is 1. The summed E-state index contributed by atoms with van der Waals surface area (Å²) in [6.07, 6.45) is 2.33. The van der Waals surface area contributed by atoms with E-state index in [4.69, 9.17) is 4.74 Å². The van der Waals surface area contributed by atoms with Gasteiger partial charge in [-0.25, -0.2) is 4.79 Å². The molecule has 1 heterocycles. The van der Waals surface area contributed by atoms with E-state index >= 15 is 0 Å². The minimum Gasteiger partial charge on any atom is -0.458 e. The molecule has 0 radical (unpaired) electrons. The summed E-state index contributed by atoms with van der Waals surface area (Å²) in [5.74, 6) is -0.974. The topological polar surface area (TPSA) is 124 Å². The molecular weight excluding hydrogens is 448 g/mol. The van der Waals surface area contributed by atoms with E-state index in [-0.39, 0.29) is 53.4 Å². The molecule has 0 saturated heterocycles. The van der Waals surface area contributed by atoms with E-state index in [1.165, 1.54) is 0 Å². The van der Waals surface area contributed by atoms with Gasteiger partial charge < -0.3 is 25.2 Å². The van der Waals surface area contributed by atoms with E-state index in [1.807, 2.05) is 13.8 Å². The molecule has 4 N–H and O–H groups in total. The summed E-state index contributed by atoms with van der Waals surface area (Å²) >= 11 is 0. The molecule has 0 spiro atoms. The van der Waals surface area contributed by atoms with Crippen molar-refractivity contribution in [1.82, 2.24) is 0 Å². The monoisotopic (exact) mass is 490 g/mol. The van der Waals surface area contributed by atoms with E-state index in [2.05, 4.69) is 6.92 Å². The fourth-order valence-corrected chi connectivity index (χ4v) is 9.52. The van der Waals surface area contributed by atoms with Crippen LogP contribution in [0.3, 0.4) is 0 Å². The first-order valence-electron chi connectivity index (χ1n) is 13.5. The Morgan fingerprint density at radius 3 is 2.49 bits per heavy atom. The standard InChI is InChI=1S/C28H42O7/c1-14-10-21(35-25(33)15(14)2)17(13-29)19-12-20(30)24-16-11-23(32)28(34)8-5-6-22(31)27(28,4)18(16)7-9-26(19,24)3/h16-21,23-24,29-30,32,34H,5-13H2,1-4H3. The Labute approximate surface area is 207 Å². The lowest BCUT2D eigenvalue weighted by Gasteiger charge is -2.64. The lowest BCUT2D eigenvalue weighted by molar-refractivity contribution is -0.246. The number of hydrogen-bond donors (Lipinski definition) is 4. The van der Waals surface area contributed by atoms with Gasteiger partial charge in [0.1, 0.15) is 17.5 Å². The van der Waals surface area contributed by atoms with Crippen LogP contribution in [-0.4, -0.2) is 62.7 Å². The van der Waals surface area contributed by atoms with Crippen LogP contribution in [0.25, 0.3) is 0 Å². The zero-order chi connectivity index (χ0) is 25.5. The van der Waals surface area contributed by atoms with Crippen LogP contribution in [0.4, 0.5) is 0 Å². The van der Waals surface area contributed by atoms with E-state index in [0.717, 1.165) is 18.4 Å². The van der Waals surface area contributed by atoms with Crippen LogP contribution < -0.4 is 0 Å². The highest BCUT2D eigenvalue weighted by Crippen LogP contribution is 2.68. The Balaban J connectivity index is 1.48. The van der Waals surface area contributed by atoms with Gasteiger partial charge in [-0.15, -0.1) is 0 Å². The number of rotatable bonds is 3. The number of fused-ring (bicyclic) bond motifs is 5. The van der Waals surface area contributed by atoms with E-state index in [1.54, 1.807) is 6.92 Å². The average Bonchev–Trinajstić information content (AvgIpc) is 3.06. The molecule has 0 aromatic heterocycles. The number of aliphatic hydroxyl groups is 4. The summed E-state index contributed by atoms with van der Waals surface area (Å²) in [6.45, 7) is 7.60. The van der Waals surface area contributed by atoms with E-state index in [0.29, 0.717) is 44.1 Å². The summed E-state index contributed by atoms with van der Waals surface area (Å²) in [7, 11) is 0. The third-order valence-electron chi connectivity index (χ3n) is 11.6. The van der Waals surface area contributed by atoms with Crippen LogP contribution in [-0.2, 0) is 14.3 Å². The molecule has 0 aromatic rings. The number of cyclic esters (lactones) is 1. The number of aliphatic hydroxyl groups excluding tert-OH is 3. The second kappa shape index (κ2) is 8.37. The van der Waals surface area contributed by atoms with Crippen LogP contribution in [0.5, 0.6) is 0 Å². The largest absolute Gasteiger partial charge is 0.458 e. The fourth-order valence-electron chi connectivity index (χ4n) is 9.52. The van der Waals surface area contributed by atoms with Crippen molar-refractivity contribution in [1.29, 1.82) is 0 Å². The molecule has 0 aromatic carbocycles. The average molecular weight is 491 g/mol. The molecule has 4 aliphatic carbocycles. The highest BCUT2D eigenvalue weighted by atomic mass is 16.5. The van der Waals surface area contributed by atoms with Gasteiger partial charge in [-0.3, -0.25) is 4.79 Å². The van der Waals surface area contributed by atoms with Crippen molar-refractivity contribution in [2.75, 3.05) is 6.61 Å². The molecule has 0 bridgehead atoms. The molecule has 1 aliphatic heterocycles. The number of Topliss-reactive ketones (excluding diaryl/α,β-unsaturated/α-hetero) is 1. The van der Waals surface area contributed by atoms with Crippen LogP contribution in [0.1, 0.15) is 79.1 Å². The van der Waals surface area contributed by atoms with Gasteiger partial charge in [0.2, 0.25) is 0 Å². The molecule has 11 unspecified atom stereocenters. The first kappa shape index (κ1) is 25.4. The van der Waals surface area contributed by atoms with Gasteiger partial charge in [0.05, 0.1) is 17.6 Å². The minimum atomic E-state index is -1.41. The SMILES string of the molecule is CC1=C(C)C(=O)OC(C(CO)C2CC(O)C3C4CC(O)C5(O)CCCC(=O)C5(C)C4CCC23C)C1. The molecule has 35 heavy (non-hydrogen) atoms. The first-order chi connectivity index (χ1) is 16.4. The molecule has 0 amide bonds. The van der Waals surface area contributed by atoms with Gasteiger partial charge >= 0.3 is 5.97 Å². The summed E-state index contributed by atoms with van der Waals surface area (Å²) in [6, 6.07) is 0. The maximum absolute atomic E-state index is 13.3. The molecule has 196 valence electrons. The lowest BCUT2D eigenvalue weighted by Crippen LogP contribution is -2.70. The van der Waals surface area contributed by atoms with Gasteiger partial charge in [-0.1, -0.05) is 12.5 Å². The van der Waals surface area contributed by atoms with Crippen molar-refractivity contribution in [3.05, 3.63) is 11.1 Å². The summed E-state index contributed by atoms with van der Waals surface area (Å²) in [5, 5.41) is 44.8. The van der Waals surface area contributed by atoms with Gasteiger partial charge in [0.15, 0.2) is 0 Å². The zero-order valence-corrected chi connectivity index (χ0v) is 21.5. The maximum Gasteiger partial charge on any atom is 0.333 e. The molecular formula is C28H42O7. The van der Waals surface area contributed by atoms with Crippen molar-refractivity contribution in [2.45, 2.75) is 103 Å². The van der Waals surface area contributed by atoms with Gasteiger partial charge in [-0.05, 0) is 88.4 Å². The fraction of sp³-hybridized carbons (Fsp3) is 0.857. The molecule has 5 rings (SSSR count). The highest BCUT2D eigenvalue weighted by Gasteiger charge is 2.71. The maximum atomic E-state index is 13.3. The van der Waals surface area contributed by atoms with Gasteiger partial charge in [-0.2, -0.15) is 0 Å². The van der Waals surface area contributed by atoms with E-state index < -0.39 is 29.3 Å². The third kappa shape index (κ3) is 3.30. The molecule has 7 nitrogen and oxygen atoms in total. The molecule has 7 heteroatoms. The smallest absolute Gasteiger partial charge is 0.333 e. The lowest BCUT2D eigenvalue weighted by atomic mass is 9.42. The number of ether oxygens (including phenoxy) is 1. The molecule has 4 saturated carbocycles. The molecule has 5 aliphatic rings. The van der Waals surface area contributed by atoms with Crippen molar-refractivity contribution in [3.63, 3.8) is 0 Å². The summed E-state index contributed by atoms with van der Waals surface area (Å²) in [5.41, 5.74) is -1.14. The van der Waals surface area contributed by atoms with E-state index in [9.17, 15) is 30.0 Å². The van der Waals surface area contributed by atoms with Crippen molar-refractivity contribution in [3.8, 4) is 0 Å². The second-order valence-corrected chi connectivity index (χ2v) is 12.8. The Morgan fingerprint density at radius 1 is 1.11 bits per heavy atom.